The molecule has 4 unspecified atom stereocenters. The Balaban J connectivity index is 1.55. The van der Waals surface area contributed by atoms with Crippen LogP contribution in [-0.2, 0) is 36.8 Å². The number of carbonyl (C=O) groups excluding carboxylic acids is 4. The normalized spacial score (nSPS) is 13.6. The molecule has 16 nitrogen and oxygen atoms in total. The number of nitrogens with zero attached hydrogens (tertiary/aromatic N) is 1. The number of carbonyl (C=O) groups is 5. The summed E-state index contributed by atoms with van der Waals surface area (Å²) in [6.45, 7) is 0.247. The molecule has 0 aliphatic carbocycles. The number of aliphatic imine (C=N–C) groups is 1. The molecule has 4 rings (SSSR count). The van der Waals surface area contributed by atoms with Gasteiger partial charge in [-0.15, -0.1) is 0 Å². The van der Waals surface area contributed by atoms with Gasteiger partial charge in [-0.3, -0.25) is 24.2 Å². The summed E-state index contributed by atoms with van der Waals surface area (Å²) in [5.74, 6) is -4.29. The number of benzene rings is 2. The Hall–Kier alpha value is -5.90. The van der Waals surface area contributed by atoms with Gasteiger partial charge in [0.2, 0.25) is 23.6 Å². The van der Waals surface area contributed by atoms with Crippen LogP contribution in [0, 0.1) is 0 Å². The van der Waals surface area contributed by atoms with Crippen molar-refractivity contribution < 1.29 is 29.1 Å². The summed E-state index contributed by atoms with van der Waals surface area (Å²) >= 11 is 0. The summed E-state index contributed by atoms with van der Waals surface area (Å²) in [6.07, 6.45) is 3.50. The molecule has 4 aromatic rings. The smallest absolute Gasteiger partial charge is 0.326 e. The third-order valence-corrected chi connectivity index (χ3v) is 8.06. The zero-order valence-electron chi connectivity index (χ0n) is 26.8. The highest BCUT2D eigenvalue weighted by atomic mass is 16.4. The Bertz CT molecular complexity index is 1830. The average molecular weight is 675 g/mol. The first-order valence-corrected chi connectivity index (χ1v) is 15.8. The van der Waals surface area contributed by atoms with Crippen LogP contribution in [0.2, 0.25) is 0 Å². The third-order valence-electron chi connectivity index (χ3n) is 8.06. The van der Waals surface area contributed by atoms with Gasteiger partial charge in [0.25, 0.3) is 0 Å². The third kappa shape index (κ3) is 10.0. The molecule has 4 amide bonds. The quantitative estimate of drug-likeness (QED) is 0.0373. The van der Waals surface area contributed by atoms with E-state index in [2.05, 4.69) is 30.9 Å². The van der Waals surface area contributed by atoms with Crippen molar-refractivity contribution in [2.45, 2.75) is 62.7 Å². The van der Waals surface area contributed by atoms with Crippen molar-refractivity contribution in [2.75, 3.05) is 6.54 Å². The Kier molecular flexibility index (Phi) is 12.3. The van der Waals surface area contributed by atoms with Crippen LogP contribution in [-0.4, -0.2) is 81.3 Å². The van der Waals surface area contributed by atoms with Crippen LogP contribution in [0.5, 0.6) is 0 Å². The molecule has 2 aromatic carbocycles. The number of para-hydroxylation sites is 2. The van der Waals surface area contributed by atoms with Crippen molar-refractivity contribution in [3.05, 3.63) is 72.1 Å². The van der Waals surface area contributed by atoms with Crippen molar-refractivity contribution in [1.82, 2.24) is 25.9 Å². The fourth-order valence-electron chi connectivity index (χ4n) is 5.48. The molecule has 16 heteroatoms. The number of guanidine groups is 1. The predicted molar refractivity (Wildman–Crippen MR) is 184 cm³/mol. The number of nitrogens with two attached hydrogens (primary N) is 4. The van der Waals surface area contributed by atoms with Crippen LogP contribution in [0.15, 0.2) is 65.9 Å². The standard InChI is InChI=1S/C33H42N10O6/c34-22(8-5-13-38-33(36)37)29(45)41-25(11-12-28(35)44)30(46)42-26(14-18-16-39-23-9-3-1-6-20(18)23)31(47)43-27(32(48)49)15-19-17-40-24-10-4-2-7-21(19)24/h1-4,6-7,9-10,16-17,22,25-27,39-40H,5,8,11-15,34H2,(H2,35,44)(H,41,45)(H,42,46)(H,43,47)(H,48,49)(H4,36,37,38). The van der Waals surface area contributed by atoms with Crippen molar-refractivity contribution in [2.24, 2.45) is 27.9 Å². The van der Waals surface area contributed by atoms with Crippen LogP contribution in [0.25, 0.3) is 21.8 Å². The Morgan fingerprint density at radius 3 is 1.78 bits per heavy atom. The van der Waals surface area contributed by atoms with E-state index in [1.165, 1.54) is 0 Å². The van der Waals surface area contributed by atoms with Gasteiger partial charge in [0, 0.05) is 60.0 Å². The minimum Gasteiger partial charge on any atom is -0.480 e. The van der Waals surface area contributed by atoms with Gasteiger partial charge in [0.05, 0.1) is 6.04 Å². The number of carboxylic acids is 1. The van der Waals surface area contributed by atoms with Crippen molar-refractivity contribution in [3.63, 3.8) is 0 Å². The number of H-pyrrole nitrogens is 2. The average Bonchev–Trinajstić information content (AvgIpc) is 3.67. The van der Waals surface area contributed by atoms with E-state index in [-0.39, 0.29) is 44.6 Å². The van der Waals surface area contributed by atoms with E-state index >= 15 is 0 Å². The number of amides is 4. The molecule has 0 radical (unpaired) electrons. The number of aliphatic carboxylic acids is 1. The van der Waals surface area contributed by atoms with Crippen LogP contribution >= 0.6 is 0 Å². The zero-order chi connectivity index (χ0) is 35.5. The largest absolute Gasteiger partial charge is 0.480 e. The van der Waals surface area contributed by atoms with Gasteiger partial charge in [-0.25, -0.2) is 4.79 Å². The summed E-state index contributed by atoms with van der Waals surface area (Å²) < 4.78 is 0. The van der Waals surface area contributed by atoms with Crippen molar-refractivity contribution in [3.8, 4) is 0 Å². The Morgan fingerprint density at radius 2 is 1.22 bits per heavy atom. The minimum absolute atomic E-state index is 0.0260. The van der Waals surface area contributed by atoms with Crippen LogP contribution in [0.3, 0.4) is 0 Å². The summed E-state index contributed by atoms with van der Waals surface area (Å²) in [5.41, 5.74) is 25.0. The molecule has 2 aromatic heterocycles. The minimum atomic E-state index is -1.34. The molecule has 14 N–H and O–H groups in total. The lowest BCUT2D eigenvalue weighted by Gasteiger charge is -2.25. The van der Waals surface area contributed by atoms with Crippen LogP contribution < -0.4 is 38.9 Å². The molecule has 0 aliphatic rings. The van der Waals surface area contributed by atoms with Gasteiger partial charge in [0.15, 0.2) is 5.96 Å². The molecule has 0 saturated carbocycles. The van der Waals surface area contributed by atoms with Gasteiger partial charge in [-0.05, 0) is 42.5 Å². The molecule has 260 valence electrons. The molecular weight excluding hydrogens is 632 g/mol. The van der Waals surface area contributed by atoms with Gasteiger partial charge < -0.3 is 54.0 Å². The monoisotopic (exact) mass is 674 g/mol. The zero-order valence-corrected chi connectivity index (χ0v) is 26.8. The van der Waals surface area contributed by atoms with E-state index in [0.29, 0.717) is 17.5 Å². The first kappa shape index (κ1) is 35.9. The maximum atomic E-state index is 13.8. The number of hydrogen-bond acceptors (Lipinski definition) is 7. The molecule has 0 spiro atoms. The number of primary amides is 1. The summed E-state index contributed by atoms with van der Waals surface area (Å²) in [5, 5.41) is 19.5. The predicted octanol–water partition coefficient (Wildman–Crippen LogP) is -0.380. The molecule has 0 bridgehead atoms. The lowest BCUT2D eigenvalue weighted by molar-refractivity contribution is -0.142. The van der Waals surface area contributed by atoms with Gasteiger partial charge >= 0.3 is 5.97 Å². The molecular formula is C33H42N10O6. The van der Waals surface area contributed by atoms with Gasteiger partial charge in [0.1, 0.15) is 18.1 Å². The first-order valence-electron chi connectivity index (χ1n) is 15.8. The molecule has 4 atom stereocenters. The van der Waals surface area contributed by atoms with Crippen molar-refractivity contribution >= 4 is 57.4 Å². The second kappa shape index (κ2) is 16.8. The topological polar surface area (TPSA) is 290 Å². The van der Waals surface area contributed by atoms with Crippen molar-refractivity contribution in [1.29, 1.82) is 0 Å². The molecule has 49 heavy (non-hydrogen) atoms. The number of carboxylic acid groups (broad SMARTS) is 1. The molecule has 2 heterocycles. The number of nitrogens with one attached hydrogen (secondary N) is 5. The second-order valence-corrected chi connectivity index (χ2v) is 11.7. The van der Waals surface area contributed by atoms with Gasteiger partial charge in [-0.1, -0.05) is 36.4 Å². The van der Waals surface area contributed by atoms with E-state index in [0.717, 1.165) is 21.8 Å². The Morgan fingerprint density at radius 1 is 0.714 bits per heavy atom. The summed E-state index contributed by atoms with van der Waals surface area (Å²) in [6, 6.07) is 9.81. The first-order chi connectivity index (χ1) is 23.4. The maximum Gasteiger partial charge on any atom is 0.326 e. The number of hydrogen-bond donors (Lipinski definition) is 10. The number of aromatic nitrogens is 2. The second-order valence-electron chi connectivity index (χ2n) is 11.7. The number of fused-ring (bicyclic) bond motifs is 2. The maximum absolute atomic E-state index is 13.8. The van der Waals surface area contributed by atoms with E-state index in [1.54, 1.807) is 12.4 Å². The fraction of sp³-hybridized carbons (Fsp3) is 0.333. The fourth-order valence-corrected chi connectivity index (χ4v) is 5.48. The van der Waals surface area contributed by atoms with Gasteiger partial charge in [-0.2, -0.15) is 0 Å². The highest BCUT2D eigenvalue weighted by Crippen LogP contribution is 2.21. The van der Waals surface area contributed by atoms with E-state index < -0.39 is 53.8 Å². The number of aromatic amines is 2. The SMILES string of the molecule is NC(=O)CCC(NC(=O)C(N)CCCN=C(N)N)C(=O)NC(Cc1c[nH]c2ccccc12)C(=O)NC(Cc1c[nH]c2ccccc12)C(=O)O. The summed E-state index contributed by atoms with van der Waals surface area (Å²) in [4.78, 5) is 74.6. The molecule has 0 saturated heterocycles. The molecule has 0 aliphatic heterocycles. The summed E-state index contributed by atoms with van der Waals surface area (Å²) in [7, 11) is 0. The molecule has 0 fully saturated rings. The highest BCUT2D eigenvalue weighted by Gasteiger charge is 2.31. The lowest BCUT2D eigenvalue weighted by atomic mass is 10.0. The van der Waals surface area contributed by atoms with E-state index in [4.69, 9.17) is 22.9 Å². The number of rotatable bonds is 18. The highest BCUT2D eigenvalue weighted by molar-refractivity contribution is 5.95. The van der Waals surface area contributed by atoms with E-state index in [9.17, 15) is 29.1 Å². The van der Waals surface area contributed by atoms with E-state index in [1.807, 2.05) is 48.5 Å². The van der Waals surface area contributed by atoms with Crippen LogP contribution in [0.1, 0.15) is 36.8 Å². The van der Waals surface area contributed by atoms with Crippen LogP contribution in [0.4, 0.5) is 0 Å². The lowest BCUT2D eigenvalue weighted by Crippen LogP contribution is -2.58. The Labute approximate surface area is 281 Å².